The van der Waals surface area contributed by atoms with Crippen LogP contribution in [0.4, 0.5) is 5.95 Å². The summed E-state index contributed by atoms with van der Waals surface area (Å²) in [7, 11) is 0. The molecule has 184 valence electrons. The summed E-state index contributed by atoms with van der Waals surface area (Å²) < 4.78 is 1.77. The number of hydrogen-bond donors (Lipinski definition) is 2. The lowest BCUT2D eigenvalue weighted by Gasteiger charge is -2.18. The van der Waals surface area contributed by atoms with Gasteiger partial charge in [0, 0.05) is 35.4 Å². The Bertz CT molecular complexity index is 1230. The number of nitrogens with zero attached hydrogens (tertiary/aromatic N) is 2. The zero-order chi connectivity index (χ0) is 24.9. The number of imidazole rings is 1. The van der Waals surface area contributed by atoms with Crippen molar-refractivity contribution in [2.24, 2.45) is 11.7 Å². The van der Waals surface area contributed by atoms with E-state index in [1.165, 1.54) is 12.8 Å². The van der Waals surface area contributed by atoms with Crippen molar-refractivity contribution in [3.8, 4) is 0 Å². The van der Waals surface area contributed by atoms with E-state index in [-0.39, 0.29) is 36.5 Å². The smallest absolute Gasteiger partial charge is 0.257 e. The lowest BCUT2D eigenvalue weighted by molar-refractivity contribution is -0.124. The van der Waals surface area contributed by atoms with E-state index in [1.807, 2.05) is 25.1 Å². The number of hydrogen-bond acceptors (Lipinski definition) is 4. The van der Waals surface area contributed by atoms with Gasteiger partial charge in [0.15, 0.2) is 0 Å². The fraction of sp³-hybridized carbons (Fsp3) is 0.407. The van der Waals surface area contributed by atoms with Crippen LogP contribution in [0.1, 0.15) is 73.7 Å². The molecule has 8 heteroatoms. The number of carbonyl (C=O) groups excluding carboxylic acids is 3. The van der Waals surface area contributed by atoms with Gasteiger partial charge in [-0.15, -0.1) is 0 Å². The summed E-state index contributed by atoms with van der Waals surface area (Å²) in [5.41, 5.74) is 8.13. The average molecular weight is 495 g/mol. The molecular formula is C27H31ClN4O3. The van der Waals surface area contributed by atoms with Gasteiger partial charge in [-0.25, -0.2) is 4.98 Å². The summed E-state index contributed by atoms with van der Waals surface area (Å²) in [6, 6.07) is 12.3. The number of amides is 2. The number of rotatable bonds is 8. The van der Waals surface area contributed by atoms with Crippen LogP contribution < -0.4 is 11.1 Å². The second-order valence-corrected chi connectivity index (χ2v) is 9.76. The average Bonchev–Trinajstić information content (AvgIpc) is 2.99. The zero-order valence-corrected chi connectivity index (χ0v) is 20.7. The predicted molar refractivity (Wildman–Crippen MR) is 138 cm³/mol. The molecule has 0 bridgehead atoms. The van der Waals surface area contributed by atoms with Crippen molar-refractivity contribution in [3.05, 3.63) is 58.6 Å². The Hall–Kier alpha value is -3.19. The van der Waals surface area contributed by atoms with Gasteiger partial charge in [0.2, 0.25) is 11.9 Å². The lowest BCUT2D eigenvalue weighted by atomic mass is 9.85. The fourth-order valence-electron chi connectivity index (χ4n) is 4.82. The molecule has 1 fully saturated rings. The summed E-state index contributed by atoms with van der Waals surface area (Å²) in [4.78, 5) is 42.1. The van der Waals surface area contributed by atoms with Crippen molar-refractivity contribution in [3.63, 3.8) is 0 Å². The monoisotopic (exact) mass is 494 g/mol. The van der Waals surface area contributed by atoms with Crippen LogP contribution >= 0.6 is 11.6 Å². The number of primary amides is 1. The molecule has 4 rings (SSSR count). The lowest BCUT2D eigenvalue weighted by Crippen LogP contribution is -2.20. The Labute approximate surface area is 210 Å². The fourth-order valence-corrected chi connectivity index (χ4v) is 4.94. The summed E-state index contributed by atoms with van der Waals surface area (Å²) in [5, 5.41) is 3.38. The number of aromatic nitrogens is 2. The first-order valence-electron chi connectivity index (χ1n) is 12.2. The van der Waals surface area contributed by atoms with E-state index in [1.54, 1.807) is 28.8 Å². The second kappa shape index (κ2) is 11.0. The van der Waals surface area contributed by atoms with Gasteiger partial charge < -0.3 is 10.3 Å². The summed E-state index contributed by atoms with van der Waals surface area (Å²) in [6.07, 6.45) is 6.68. The predicted octanol–water partition coefficient (Wildman–Crippen LogP) is 5.46. The molecule has 1 unspecified atom stereocenters. The molecule has 1 heterocycles. The SMILES string of the molecule is CC(C(=O)C1CCCCCC1)c1ccc2c(c1)nc(NC(=O)c1ccc(Cl)cc1)n2CCC(N)=O. The molecule has 1 atom stereocenters. The first-order valence-corrected chi connectivity index (χ1v) is 12.6. The molecule has 3 N–H and O–H groups in total. The minimum absolute atomic E-state index is 0.105. The highest BCUT2D eigenvalue weighted by atomic mass is 35.5. The van der Waals surface area contributed by atoms with Crippen LogP contribution in [0.15, 0.2) is 42.5 Å². The Morgan fingerprint density at radius 2 is 1.77 bits per heavy atom. The van der Waals surface area contributed by atoms with Crippen molar-refractivity contribution >= 4 is 46.2 Å². The third kappa shape index (κ3) is 5.90. The number of nitrogens with one attached hydrogen (secondary N) is 1. The Morgan fingerprint density at radius 3 is 2.43 bits per heavy atom. The van der Waals surface area contributed by atoms with E-state index in [2.05, 4.69) is 10.3 Å². The van der Waals surface area contributed by atoms with Crippen LogP contribution in [0, 0.1) is 5.92 Å². The molecule has 35 heavy (non-hydrogen) atoms. The molecule has 3 aromatic rings. The highest BCUT2D eigenvalue weighted by molar-refractivity contribution is 6.30. The Morgan fingerprint density at radius 1 is 1.09 bits per heavy atom. The zero-order valence-electron chi connectivity index (χ0n) is 19.9. The van der Waals surface area contributed by atoms with Crippen molar-refractivity contribution in [2.45, 2.75) is 64.3 Å². The van der Waals surface area contributed by atoms with E-state index in [0.29, 0.717) is 22.1 Å². The maximum atomic E-state index is 13.2. The van der Waals surface area contributed by atoms with Crippen LogP contribution in [0.2, 0.25) is 5.02 Å². The highest BCUT2D eigenvalue weighted by Crippen LogP contribution is 2.31. The molecule has 7 nitrogen and oxygen atoms in total. The normalized spacial score (nSPS) is 15.5. The summed E-state index contributed by atoms with van der Waals surface area (Å²) in [6.45, 7) is 2.24. The van der Waals surface area contributed by atoms with E-state index in [0.717, 1.165) is 36.8 Å². The van der Waals surface area contributed by atoms with E-state index in [4.69, 9.17) is 17.3 Å². The van der Waals surface area contributed by atoms with Crippen LogP contribution in [0.3, 0.4) is 0 Å². The third-order valence-corrected chi connectivity index (χ3v) is 7.12. The van der Waals surface area contributed by atoms with Crippen molar-refractivity contribution in [1.29, 1.82) is 0 Å². The maximum absolute atomic E-state index is 13.2. The van der Waals surface area contributed by atoms with Gasteiger partial charge in [0.1, 0.15) is 5.78 Å². The number of anilines is 1. The van der Waals surface area contributed by atoms with Crippen LogP contribution in [-0.4, -0.2) is 27.1 Å². The summed E-state index contributed by atoms with van der Waals surface area (Å²) in [5.74, 6) is -0.289. The molecule has 1 aliphatic rings. The quantitative estimate of drug-likeness (QED) is 0.405. The topological polar surface area (TPSA) is 107 Å². The van der Waals surface area contributed by atoms with Gasteiger partial charge in [-0.3, -0.25) is 19.7 Å². The van der Waals surface area contributed by atoms with Crippen LogP contribution in [0.5, 0.6) is 0 Å². The molecule has 2 amide bonds. The summed E-state index contributed by atoms with van der Waals surface area (Å²) >= 11 is 5.93. The van der Waals surface area contributed by atoms with Crippen LogP contribution in [-0.2, 0) is 16.1 Å². The molecular weight excluding hydrogens is 464 g/mol. The van der Waals surface area contributed by atoms with Crippen molar-refractivity contribution in [1.82, 2.24) is 9.55 Å². The van der Waals surface area contributed by atoms with Gasteiger partial charge in [0.25, 0.3) is 5.91 Å². The Balaban J connectivity index is 1.62. The highest BCUT2D eigenvalue weighted by Gasteiger charge is 2.26. The van der Waals surface area contributed by atoms with E-state index in [9.17, 15) is 14.4 Å². The van der Waals surface area contributed by atoms with Crippen molar-refractivity contribution < 1.29 is 14.4 Å². The minimum Gasteiger partial charge on any atom is -0.370 e. The number of halogens is 1. The van der Waals surface area contributed by atoms with Gasteiger partial charge in [-0.2, -0.15) is 0 Å². The first kappa shape index (κ1) is 24.9. The number of nitrogens with two attached hydrogens (primary N) is 1. The number of ketones is 1. The van der Waals surface area contributed by atoms with E-state index < -0.39 is 5.91 Å². The molecule has 1 saturated carbocycles. The van der Waals surface area contributed by atoms with Crippen LogP contribution in [0.25, 0.3) is 11.0 Å². The molecule has 0 spiro atoms. The van der Waals surface area contributed by atoms with E-state index >= 15 is 0 Å². The standard InChI is InChI=1S/C27H31ClN4O3/c1-17(25(34)18-6-4-2-3-5-7-18)20-10-13-23-22(16-20)30-27(32(23)15-14-24(29)33)31-26(35)19-8-11-21(28)12-9-19/h8-13,16-18H,2-7,14-15H2,1H3,(H2,29,33)(H,30,31,35). The maximum Gasteiger partial charge on any atom is 0.257 e. The molecule has 1 aromatic heterocycles. The molecule has 1 aliphatic carbocycles. The van der Waals surface area contributed by atoms with Gasteiger partial charge >= 0.3 is 0 Å². The number of Topliss-reactive ketones (excluding diaryl/α,β-unsaturated/α-hetero) is 1. The second-order valence-electron chi connectivity index (χ2n) is 9.33. The van der Waals surface area contributed by atoms with Gasteiger partial charge in [-0.1, -0.05) is 50.3 Å². The molecule has 0 radical (unpaired) electrons. The number of aryl methyl sites for hydroxylation is 1. The molecule has 2 aromatic carbocycles. The molecule has 0 saturated heterocycles. The Kier molecular flexibility index (Phi) is 7.86. The minimum atomic E-state index is -0.443. The number of fused-ring (bicyclic) bond motifs is 1. The third-order valence-electron chi connectivity index (χ3n) is 6.87. The van der Waals surface area contributed by atoms with Crippen molar-refractivity contribution in [2.75, 3.05) is 5.32 Å². The van der Waals surface area contributed by atoms with Gasteiger partial charge in [-0.05, 0) is 54.8 Å². The number of carbonyl (C=O) groups is 3. The number of benzene rings is 2. The first-order chi connectivity index (χ1) is 16.8. The largest absolute Gasteiger partial charge is 0.370 e. The van der Waals surface area contributed by atoms with Gasteiger partial charge in [0.05, 0.1) is 11.0 Å². The molecule has 0 aliphatic heterocycles.